The van der Waals surface area contributed by atoms with Crippen LogP contribution in [0.4, 0.5) is 0 Å². The number of ether oxygens (including phenoxy) is 1. The Hall–Kier alpha value is -0.580. The summed E-state index contributed by atoms with van der Waals surface area (Å²) >= 11 is 3.46. The molecule has 0 radical (unpaired) electrons. The highest BCUT2D eigenvalue weighted by atomic mass is 79.9. The Morgan fingerprint density at radius 2 is 2.22 bits per heavy atom. The van der Waals surface area contributed by atoms with Gasteiger partial charge in [-0.15, -0.1) is 0 Å². The summed E-state index contributed by atoms with van der Waals surface area (Å²) in [5, 5.41) is 10.3. The first kappa shape index (κ1) is 12.5. The molecule has 18 heavy (non-hydrogen) atoms. The first-order chi connectivity index (χ1) is 8.49. The van der Waals surface area contributed by atoms with Gasteiger partial charge in [0, 0.05) is 35.5 Å². The molecular weight excluding hydrogens is 294 g/mol. The number of fused-ring (bicyclic) bond motifs is 1. The van der Waals surface area contributed by atoms with E-state index in [2.05, 4.69) is 34.8 Å². The first-order valence-electron chi connectivity index (χ1n) is 6.36. The third kappa shape index (κ3) is 1.96. The van der Waals surface area contributed by atoms with E-state index in [-0.39, 0.29) is 5.60 Å². The standard InChI is InChI=1S/C14H18BrNO2/c1-9-6-14(8-16(9)2)7-12(17)11-4-3-10(15)5-13(11)18-14/h3-5,9,12,17H,6-8H2,1-2H3. The van der Waals surface area contributed by atoms with E-state index in [1.165, 1.54) is 0 Å². The normalized spacial score (nSPS) is 35.6. The average Bonchev–Trinajstić information content (AvgIpc) is 2.52. The summed E-state index contributed by atoms with van der Waals surface area (Å²) in [7, 11) is 2.12. The average molecular weight is 312 g/mol. The van der Waals surface area contributed by atoms with E-state index < -0.39 is 6.10 Å². The van der Waals surface area contributed by atoms with Gasteiger partial charge in [-0.3, -0.25) is 4.90 Å². The van der Waals surface area contributed by atoms with Crippen molar-refractivity contribution in [3.63, 3.8) is 0 Å². The smallest absolute Gasteiger partial charge is 0.127 e. The number of aliphatic hydroxyl groups is 1. The van der Waals surface area contributed by atoms with E-state index >= 15 is 0 Å². The Bertz CT molecular complexity index is 467. The minimum Gasteiger partial charge on any atom is -0.485 e. The Morgan fingerprint density at radius 1 is 1.44 bits per heavy atom. The van der Waals surface area contributed by atoms with E-state index in [1.54, 1.807) is 0 Å². The summed E-state index contributed by atoms with van der Waals surface area (Å²) in [6.45, 7) is 3.10. The summed E-state index contributed by atoms with van der Waals surface area (Å²) in [5.41, 5.74) is 0.688. The lowest BCUT2D eigenvalue weighted by molar-refractivity contribution is -0.00613. The van der Waals surface area contributed by atoms with Gasteiger partial charge >= 0.3 is 0 Å². The van der Waals surface area contributed by atoms with Gasteiger partial charge in [-0.25, -0.2) is 0 Å². The second kappa shape index (κ2) is 4.22. The minimum absolute atomic E-state index is 0.221. The fraction of sp³-hybridized carbons (Fsp3) is 0.571. The summed E-state index contributed by atoms with van der Waals surface area (Å²) < 4.78 is 7.23. The van der Waals surface area contributed by atoms with Crippen LogP contribution in [-0.2, 0) is 0 Å². The van der Waals surface area contributed by atoms with Crippen molar-refractivity contribution in [3.8, 4) is 5.75 Å². The molecule has 3 nitrogen and oxygen atoms in total. The predicted molar refractivity (Wildman–Crippen MR) is 73.8 cm³/mol. The van der Waals surface area contributed by atoms with Gasteiger partial charge < -0.3 is 9.84 Å². The van der Waals surface area contributed by atoms with Crippen molar-refractivity contribution in [2.24, 2.45) is 0 Å². The topological polar surface area (TPSA) is 32.7 Å². The second-order valence-electron chi connectivity index (χ2n) is 5.66. The number of hydrogen-bond acceptors (Lipinski definition) is 3. The van der Waals surface area contributed by atoms with Crippen molar-refractivity contribution in [1.82, 2.24) is 4.90 Å². The zero-order valence-corrected chi connectivity index (χ0v) is 12.3. The maximum absolute atomic E-state index is 10.3. The zero-order valence-electron chi connectivity index (χ0n) is 10.7. The van der Waals surface area contributed by atoms with Crippen LogP contribution in [0.1, 0.15) is 31.4 Å². The Morgan fingerprint density at radius 3 is 2.89 bits per heavy atom. The largest absolute Gasteiger partial charge is 0.485 e. The van der Waals surface area contributed by atoms with Gasteiger partial charge in [0.15, 0.2) is 0 Å². The van der Waals surface area contributed by atoms with E-state index in [9.17, 15) is 5.11 Å². The summed E-state index contributed by atoms with van der Waals surface area (Å²) in [4.78, 5) is 2.30. The van der Waals surface area contributed by atoms with Crippen molar-refractivity contribution >= 4 is 15.9 Å². The number of likely N-dealkylation sites (tertiary alicyclic amines) is 1. The lowest BCUT2D eigenvalue weighted by Gasteiger charge is -2.38. The summed E-state index contributed by atoms with van der Waals surface area (Å²) in [5.74, 6) is 0.825. The lowest BCUT2D eigenvalue weighted by atomic mass is 9.87. The molecule has 1 saturated heterocycles. The van der Waals surface area contributed by atoms with Crippen LogP contribution < -0.4 is 4.74 Å². The number of halogens is 1. The molecule has 3 atom stereocenters. The maximum Gasteiger partial charge on any atom is 0.127 e. The van der Waals surface area contributed by atoms with Crippen molar-refractivity contribution in [1.29, 1.82) is 0 Å². The molecule has 0 saturated carbocycles. The third-order valence-corrected chi connectivity index (χ3v) is 4.68. The molecule has 0 bridgehead atoms. The van der Waals surface area contributed by atoms with Crippen LogP contribution in [0.15, 0.2) is 22.7 Å². The molecule has 3 unspecified atom stereocenters. The molecule has 0 amide bonds. The molecule has 2 aliphatic heterocycles. The summed E-state index contributed by atoms with van der Waals surface area (Å²) in [6, 6.07) is 6.36. The van der Waals surface area contributed by atoms with Crippen molar-refractivity contribution in [3.05, 3.63) is 28.2 Å². The first-order valence-corrected chi connectivity index (χ1v) is 7.15. The fourth-order valence-electron chi connectivity index (χ4n) is 3.20. The van der Waals surface area contributed by atoms with Gasteiger partial charge in [0.2, 0.25) is 0 Å². The van der Waals surface area contributed by atoms with Gasteiger partial charge in [-0.2, -0.15) is 0 Å². The van der Waals surface area contributed by atoms with Crippen LogP contribution in [0, 0.1) is 0 Å². The lowest BCUT2D eigenvalue weighted by Crippen LogP contribution is -2.43. The molecule has 1 spiro atoms. The monoisotopic (exact) mass is 311 g/mol. The minimum atomic E-state index is -0.416. The number of nitrogens with zero attached hydrogens (tertiary/aromatic N) is 1. The molecule has 1 aromatic rings. The number of hydrogen-bond donors (Lipinski definition) is 1. The van der Waals surface area contributed by atoms with Crippen LogP contribution in [0.25, 0.3) is 0 Å². The van der Waals surface area contributed by atoms with E-state index in [1.807, 2.05) is 18.2 Å². The van der Waals surface area contributed by atoms with Gasteiger partial charge in [0.05, 0.1) is 6.10 Å². The fourth-order valence-corrected chi connectivity index (χ4v) is 3.54. The quantitative estimate of drug-likeness (QED) is 0.799. The van der Waals surface area contributed by atoms with Crippen molar-refractivity contribution in [2.75, 3.05) is 13.6 Å². The van der Waals surface area contributed by atoms with Crippen LogP contribution in [-0.4, -0.2) is 35.2 Å². The highest BCUT2D eigenvalue weighted by Crippen LogP contribution is 2.45. The predicted octanol–water partition coefficient (Wildman–Crippen LogP) is 2.73. The maximum atomic E-state index is 10.3. The van der Waals surface area contributed by atoms with Gasteiger partial charge in [-0.1, -0.05) is 22.0 Å². The van der Waals surface area contributed by atoms with Gasteiger partial charge in [0.25, 0.3) is 0 Å². The number of likely N-dealkylation sites (N-methyl/N-ethyl adjacent to an activating group) is 1. The number of aliphatic hydroxyl groups excluding tert-OH is 1. The molecule has 4 heteroatoms. The second-order valence-corrected chi connectivity index (χ2v) is 6.57. The Kier molecular flexibility index (Phi) is 2.92. The van der Waals surface area contributed by atoms with Crippen molar-refractivity contribution < 1.29 is 9.84 Å². The van der Waals surface area contributed by atoms with E-state index in [4.69, 9.17) is 4.74 Å². The zero-order chi connectivity index (χ0) is 12.9. The third-order valence-electron chi connectivity index (χ3n) is 4.18. The molecule has 2 heterocycles. The highest BCUT2D eigenvalue weighted by molar-refractivity contribution is 9.10. The molecule has 0 aliphatic carbocycles. The van der Waals surface area contributed by atoms with Crippen LogP contribution in [0.5, 0.6) is 5.75 Å². The Labute approximate surface area is 116 Å². The van der Waals surface area contributed by atoms with E-state index in [0.29, 0.717) is 12.5 Å². The van der Waals surface area contributed by atoms with Crippen molar-refractivity contribution in [2.45, 2.75) is 37.5 Å². The molecule has 1 fully saturated rings. The number of benzene rings is 1. The SMILES string of the molecule is CC1CC2(CC(O)c3ccc(Br)cc3O2)CN1C. The Balaban J connectivity index is 1.96. The van der Waals surface area contributed by atoms with Crippen LogP contribution in [0.3, 0.4) is 0 Å². The molecule has 2 aliphatic rings. The molecule has 0 aromatic heterocycles. The van der Waals surface area contributed by atoms with E-state index in [0.717, 1.165) is 28.8 Å². The highest BCUT2D eigenvalue weighted by Gasteiger charge is 2.47. The number of rotatable bonds is 0. The molecule has 1 aromatic carbocycles. The van der Waals surface area contributed by atoms with Crippen LogP contribution in [0.2, 0.25) is 0 Å². The summed E-state index contributed by atoms with van der Waals surface area (Å²) in [6.07, 6.45) is 1.25. The molecular formula is C14H18BrNO2. The van der Waals surface area contributed by atoms with Gasteiger partial charge in [0.1, 0.15) is 11.4 Å². The molecule has 98 valence electrons. The molecule has 3 rings (SSSR count). The van der Waals surface area contributed by atoms with Crippen LogP contribution >= 0.6 is 15.9 Å². The molecule has 1 N–H and O–H groups in total. The van der Waals surface area contributed by atoms with Gasteiger partial charge in [-0.05, 0) is 26.1 Å².